The van der Waals surface area contributed by atoms with E-state index in [1.165, 1.54) is 57.8 Å². The molecule has 5 fully saturated rings. The number of urea groups is 1. The Morgan fingerprint density at radius 2 is 1.87 bits per heavy atom. The van der Waals surface area contributed by atoms with E-state index in [2.05, 4.69) is 10.6 Å². The van der Waals surface area contributed by atoms with Gasteiger partial charge in [0.25, 0.3) is 0 Å². The summed E-state index contributed by atoms with van der Waals surface area (Å²) in [6.07, 6.45) is 13.5. The van der Waals surface area contributed by atoms with Crippen LogP contribution in [0.1, 0.15) is 64.2 Å². The first-order valence-electron chi connectivity index (χ1n) is 9.86. The number of nitrogens with one attached hydrogen (secondary N) is 2. The van der Waals surface area contributed by atoms with Gasteiger partial charge in [-0.3, -0.25) is 0 Å². The Hall–Kier alpha value is -0.770. The van der Waals surface area contributed by atoms with Gasteiger partial charge in [-0.2, -0.15) is 0 Å². The van der Waals surface area contributed by atoms with Gasteiger partial charge in [-0.15, -0.1) is 0 Å². The van der Waals surface area contributed by atoms with Crippen LogP contribution in [0.25, 0.3) is 0 Å². The van der Waals surface area contributed by atoms with Gasteiger partial charge >= 0.3 is 6.03 Å². The number of carbonyl (C=O) groups is 1. The molecule has 2 saturated heterocycles. The third-order valence-corrected chi connectivity index (χ3v) is 7.24. The van der Waals surface area contributed by atoms with E-state index >= 15 is 0 Å². The van der Waals surface area contributed by atoms with Gasteiger partial charge in [-0.05, 0) is 81.0 Å². The fraction of sp³-hybridized carbons (Fsp3) is 0.947. The monoisotopic (exact) mass is 320 g/mol. The minimum atomic E-state index is 0.0231. The van der Waals surface area contributed by atoms with Crippen molar-refractivity contribution in [1.29, 1.82) is 0 Å². The Morgan fingerprint density at radius 1 is 1.04 bits per heavy atom. The second kappa shape index (κ2) is 6.62. The topological polar surface area (TPSA) is 50.4 Å². The third-order valence-electron chi connectivity index (χ3n) is 7.24. The smallest absolute Gasteiger partial charge is 0.314 e. The first-order chi connectivity index (χ1) is 11.2. The quantitative estimate of drug-likeness (QED) is 0.787. The lowest BCUT2D eigenvalue weighted by Crippen LogP contribution is -2.45. The molecule has 3 aliphatic carbocycles. The van der Waals surface area contributed by atoms with E-state index in [0.717, 1.165) is 43.9 Å². The fourth-order valence-corrected chi connectivity index (χ4v) is 5.74. The van der Waals surface area contributed by atoms with Gasteiger partial charge in [0.2, 0.25) is 0 Å². The van der Waals surface area contributed by atoms with Gasteiger partial charge in [0.05, 0.1) is 12.7 Å². The first-order valence-corrected chi connectivity index (χ1v) is 9.86. The highest BCUT2D eigenvalue weighted by atomic mass is 16.5. The Balaban J connectivity index is 1.10. The predicted octanol–water partition coefficient (Wildman–Crippen LogP) is 3.46. The molecule has 0 aromatic heterocycles. The molecular weight excluding hydrogens is 288 g/mol. The van der Waals surface area contributed by atoms with Crippen molar-refractivity contribution in [3.05, 3.63) is 0 Å². The molecule has 2 N–H and O–H groups in total. The average molecular weight is 320 g/mol. The Kier molecular flexibility index (Phi) is 4.53. The zero-order valence-corrected chi connectivity index (χ0v) is 14.3. The molecule has 5 aliphatic rings. The van der Waals surface area contributed by atoms with Crippen molar-refractivity contribution < 1.29 is 9.53 Å². The molecule has 4 heteroatoms. The molecule has 0 aromatic carbocycles. The summed E-state index contributed by atoms with van der Waals surface area (Å²) in [5.74, 6) is 2.85. The second-order valence-corrected chi connectivity index (χ2v) is 8.67. The van der Waals surface area contributed by atoms with E-state index in [4.69, 9.17) is 4.74 Å². The molecule has 4 bridgehead atoms. The maximum Gasteiger partial charge on any atom is 0.314 e. The summed E-state index contributed by atoms with van der Waals surface area (Å²) >= 11 is 0. The van der Waals surface area contributed by atoms with Crippen LogP contribution in [0, 0.1) is 23.2 Å². The van der Waals surface area contributed by atoms with E-state index < -0.39 is 0 Å². The van der Waals surface area contributed by atoms with E-state index in [9.17, 15) is 4.79 Å². The summed E-state index contributed by atoms with van der Waals surface area (Å²) < 4.78 is 5.86. The maximum atomic E-state index is 12.0. The lowest BCUT2D eigenvalue weighted by atomic mass is 9.69. The van der Waals surface area contributed by atoms with Gasteiger partial charge < -0.3 is 15.4 Å². The Labute approximate surface area is 140 Å². The van der Waals surface area contributed by atoms with E-state index in [0.29, 0.717) is 11.5 Å². The minimum absolute atomic E-state index is 0.0231. The molecule has 2 amide bonds. The summed E-state index contributed by atoms with van der Waals surface area (Å²) in [4.78, 5) is 12.0. The summed E-state index contributed by atoms with van der Waals surface area (Å²) in [7, 11) is 0. The Bertz CT molecular complexity index is 417. The molecule has 3 unspecified atom stereocenters. The lowest BCUT2D eigenvalue weighted by molar-refractivity contribution is -0.117. The van der Waals surface area contributed by atoms with Crippen molar-refractivity contribution in [3.8, 4) is 0 Å². The first kappa shape index (κ1) is 15.7. The number of carbonyl (C=O) groups excluding carboxylic acids is 1. The average Bonchev–Trinajstić information content (AvgIpc) is 3.19. The number of ether oxygens (including phenoxy) is 1. The number of amides is 2. The summed E-state index contributed by atoms with van der Waals surface area (Å²) in [5, 5.41) is 6.13. The molecule has 3 saturated carbocycles. The number of hydrogen-bond donors (Lipinski definition) is 2. The largest absolute Gasteiger partial charge is 0.378 e. The number of fused-ring (bicyclic) bond motifs is 5. The van der Waals surface area contributed by atoms with E-state index in [1.54, 1.807) is 0 Å². The van der Waals surface area contributed by atoms with Gasteiger partial charge in [-0.25, -0.2) is 4.79 Å². The van der Waals surface area contributed by atoms with Crippen molar-refractivity contribution in [2.45, 2.75) is 70.3 Å². The molecule has 2 aliphatic heterocycles. The van der Waals surface area contributed by atoms with E-state index in [-0.39, 0.29) is 6.03 Å². The summed E-state index contributed by atoms with van der Waals surface area (Å²) in [6.45, 7) is 2.54. The van der Waals surface area contributed by atoms with Crippen LogP contribution in [0.2, 0.25) is 0 Å². The van der Waals surface area contributed by atoms with Gasteiger partial charge in [0, 0.05) is 13.1 Å². The molecule has 130 valence electrons. The zero-order valence-electron chi connectivity index (χ0n) is 14.3. The third kappa shape index (κ3) is 3.52. The molecule has 2 heterocycles. The number of hydrogen-bond acceptors (Lipinski definition) is 2. The fourth-order valence-electron chi connectivity index (χ4n) is 5.74. The van der Waals surface area contributed by atoms with Crippen molar-refractivity contribution in [2.24, 2.45) is 23.2 Å². The van der Waals surface area contributed by atoms with E-state index in [1.807, 2.05) is 0 Å². The summed E-state index contributed by atoms with van der Waals surface area (Å²) in [6, 6.07) is 0.0231. The van der Waals surface area contributed by atoms with Crippen LogP contribution in [-0.4, -0.2) is 31.8 Å². The van der Waals surface area contributed by atoms with Crippen molar-refractivity contribution >= 4 is 6.03 Å². The van der Waals surface area contributed by atoms with Gasteiger partial charge in [0.15, 0.2) is 0 Å². The summed E-state index contributed by atoms with van der Waals surface area (Å²) in [5.41, 5.74) is 0.352. The van der Waals surface area contributed by atoms with Crippen LogP contribution in [0.4, 0.5) is 4.79 Å². The molecule has 0 spiro atoms. The molecule has 23 heavy (non-hydrogen) atoms. The molecule has 0 radical (unpaired) electrons. The van der Waals surface area contributed by atoms with Crippen LogP contribution in [0.15, 0.2) is 0 Å². The SMILES string of the molecule is O=C(NCCC1CC2CCC1C2)NCCC12CCC(CC1)OC2. The molecular formula is C19H32N2O2. The predicted molar refractivity (Wildman–Crippen MR) is 90.2 cm³/mol. The highest BCUT2D eigenvalue weighted by Crippen LogP contribution is 2.49. The van der Waals surface area contributed by atoms with Crippen molar-refractivity contribution in [3.63, 3.8) is 0 Å². The maximum absolute atomic E-state index is 12.0. The second-order valence-electron chi connectivity index (χ2n) is 8.67. The van der Waals surface area contributed by atoms with Crippen LogP contribution < -0.4 is 10.6 Å². The van der Waals surface area contributed by atoms with Crippen LogP contribution in [-0.2, 0) is 4.74 Å². The van der Waals surface area contributed by atoms with Crippen molar-refractivity contribution in [2.75, 3.05) is 19.7 Å². The normalized spacial score (nSPS) is 41.2. The molecule has 0 aromatic rings. The Morgan fingerprint density at radius 3 is 2.52 bits per heavy atom. The molecule has 3 atom stereocenters. The van der Waals surface area contributed by atoms with Crippen LogP contribution in [0.3, 0.4) is 0 Å². The van der Waals surface area contributed by atoms with Crippen molar-refractivity contribution in [1.82, 2.24) is 10.6 Å². The van der Waals surface area contributed by atoms with Gasteiger partial charge in [0.1, 0.15) is 0 Å². The van der Waals surface area contributed by atoms with Gasteiger partial charge in [-0.1, -0.05) is 6.42 Å². The van der Waals surface area contributed by atoms with Crippen LogP contribution in [0.5, 0.6) is 0 Å². The lowest BCUT2D eigenvalue weighted by Gasteiger charge is -2.46. The van der Waals surface area contributed by atoms with Crippen LogP contribution >= 0.6 is 0 Å². The molecule has 4 nitrogen and oxygen atoms in total. The zero-order chi connectivity index (χ0) is 15.7. The molecule has 5 rings (SSSR count). The highest BCUT2D eigenvalue weighted by molar-refractivity contribution is 5.73. The highest BCUT2D eigenvalue weighted by Gasteiger charge is 2.41. The number of rotatable bonds is 6. The minimum Gasteiger partial charge on any atom is -0.378 e. The standard InChI is InChI=1S/C19H32N2O2/c22-18(20-9-5-16-12-14-1-2-15(16)11-14)21-10-8-19-6-3-17(4-7-19)23-13-19/h14-17H,1-13H2,(H2,20,21,22).